The Morgan fingerprint density at radius 2 is 1.55 bits per heavy atom. The average Bonchev–Trinajstić information content (AvgIpc) is 3.14. The SMILES string of the molecule is Cc1nnc(C(O)CCN2CCN(c3ccccc3)CC2)n1Cc1ccccc1. The topological polar surface area (TPSA) is 57.4 Å². The van der Waals surface area contributed by atoms with Crippen LogP contribution >= 0.6 is 0 Å². The van der Waals surface area contributed by atoms with Crippen LogP contribution in [0.25, 0.3) is 0 Å². The van der Waals surface area contributed by atoms with Crippen molar-refractivity contribution < 1.29 is 5.11 Å². The molecule has 6 heteroatoms. The van der Waals surface area contributed by atoms with Crippen LogP contribution in [0, 0.1) is 6.92 Å². The standard InChI is InChI=1S/C23H29N5O/c1-19-24-25-23(28(19)18-20-8-4-2-5-9-20)22(29)12-13-26-14-16-27(17-15-26)21-10-6-3-7-11-21/h2-11,22,29H,12-18H2,1H3. The third-order valence-electron chi connectivity index (χ3n) is 5.66. The number of benzene rings is 2. The van der Waals surface area contributed by atoms with Crippen LogP contribution < -0.4 is 4.90 Å². The van der Waals surface area contributed by atoms with Gasteiger partial charge < -0.3 is 14.6 Å². The number of aliphatic hydroxyl groups is 1. The van der Waals surface area contributed by atoms with Crippen molar-refractivity contribution in [2.75, 3.05) is 37.6 Å². The number of aliphatic hydroxyl groups excluding tert-OH is 1. The third-order valence-corrected chi connectivity index (χ3v) is 5.66. The van der Waals surface area contributed by atoms with Gasteiger partial charge in [-0.15, -0.1) is 10.2 Å². The minimum Gasteiger partial charge on any atom is -0.385 e. The van der Waals surface area contributed by atoms with Crippen molar-refractivity contribution in [3.05, 3.63) is 77.9 Å². The Bertz CT molecular complexity index is 888. The maximum Gasteiger partial charge on any atom is 0.162 e. The van der Waals surface area contributed by atoms with E-state index >= 15 is 0 Å². The highest BCUT2D eigenvalue weighted by atomic mass is 16.3. The van der Waals surface area contributed by atoms with Gasteiger partial charge in [-0.3, -0.25) is 4.90 Å². The summed E-state index contributed by atoms with van der Waals surface area (Å²) in [5.74, 6) is 1.49. The molecule has 1 aliphatic rings. The zero-order valence-electron chi connectivity index (χ0n) is 17.0. The molecule has 0 amide bonds. The predicted molar refractivity (Wildman–Crippen MR) is 115 cm³/mol. The van der Waals surface area contributed by atoms with Crippen LogP contribution in [0.3, 0.4) is 0 Å². The average molecular weight is 392 g/mol. The first-order valence-corrected chi connectivity index (χ1v) is 10.3. The highest BCUT2D eigenvalue weighted by molar-refractivity contribution is 5.46. The van der Waals surface area contributed by atoms with E-state index in [1.165, 1.54) is 11.3 Å². The van der Waals surface area contributed by atoms with Crippen LogP contribution in [-0.4, -0.2) is 57.5 Å². The van der Waals surface area contributed by atoms with Crippen LogP contribution in [0.4, 0.5) is 5.69 Å². The van der Waals surface area contributed by atoms with E-state index in [0.29, 0.717) is 18.8 Å². The fraction of sp³-hybridized carbons (Fsp3) is 0.391. The van der Waals surface area contributed by atoms with Crippen molar-refractivity contribution >= 4 is 5.69 Å². The Morgan fingerprint density at radius 3 is 2.24 bits per heavy atom. The van der Waals surface area contributed by atoms with Crippen LogP contribution in [0.5, 0.6) is 0 Å². The van der Waals surface area contributed by atoms with Gasteiger partial charge in [0.05, 0.1) is 6.54 Å². The van der Waals surface area contributed by atoms with Crippen molar-refractivity contribution in [1.29, 1.82) is 0 Å². The first kappa shape index (κ1) is 19.6. The Hall–Kier alpha value is -2.70. The van der Waals surface area contributed by atoms with Gasteiger partial charge in [0.25, 0.3) is 0 Å². The van der Waals surface area contributed by atoms with E-state index in [4.69, 9.17) is 0 Å². The summed E-state index contributed by atoms with van der Waals surface area (Å²) in [6.07, 6.45) is 0.0604. The van der Waals surface area contributed by atoms with Crippen LogP contribution in [-0.2, 0) is 6.54 Å². The summed E-state index contributed by atoms with van der Waals surface area (Å²) in [6, 6.07) is 20.8. The molecule has 3 aromatic rings. The van der Waals surface area contributed by atoms with Crippen molar-refractivity contribution in [2.24, 2.45) is 0 Å². The summed E-state index contributed by atoms with van der Waals surface area (Å²) in [5.41, 5.74) is 2.47. The molecule has 1 unspecified atom stereocenters. The van der Waals surface area contributed by atoms with Crippen molar-refractivity contribution in [1.82, 2.24) is 19.7 Å². The molecule has 1 fully saturated rings. The van der Waals surface area contributed by atoms with E-state index in [1.807, 2.05) is 29.7 Å². The number of piperazine rings is 1. The number of nitrogens with zero attached hydrogens (tertiary/aromatic N) is 5. The Kier molecular flexibility index (Phi) is 6.22. The fourth-order valence-electron chi connectivity index (χ4n) is 3.91. The van der Waals surface area contributed by atoms with Gasteiger partial charge in [-0.05, 0) is 31.0 Å². The normalized spacial score (nSPS) is 16.1. The molecule has 2 aromatic carbocycles. The molecule has 1 atom stereocenters. The molecule has 0 radical (unpaired) electrons. The molecule has 0 bridgehead atoms. The fourth-order valence-corrected chi connectivity index (χ4v) is 3.91. The van der Waals surface area contributed by atoms with E-state index in [0.717, 1.165) is 38.5 Å². The van der Waals surface area contributed by atoms with Crippen LogP contribution in [0.15, 0.2) is 60.7 Å². The molecule has 0 saturated carbocycles. The first-order valence-electron chi connectivity index (χ1n) is 10.3. The van der Waals surface area contributed by atoms with Crippen LogP contribution in [0.1, 0.15) is 29.7 Å². The zero-order valence-corrected chi connectivity index (χ0v) is 17.0. The summed E-state index contributed by atoms with van der Waals surface area (Å²) >= 11 is 0. The second-order valence-corrected chi connectivity index (χ2v) is 7.65. The lowest BCUT2D eigenvalue weighted by Crippen LogP contribution is -2.46. The van der Waals surface area contributed by atoms with Gasteiger partial charge in [-0.2, -0.15) is 0 Å². The quantitative estimate of drug-likeness (QED) is 0.671. The number of hydrogen-bond donors (Lipinski definition) is 1. The molecular weight excluding hydrogens is 362 g/mol. The third kappa shape index (κ3) is 4.83. The van der Waals surface area contributed by atoms with Gasteiger partial charge in [0, 0.05) is 38.4 Å². The van der Waals surface area contributed by atoms with Gasteiger partial charge in [0.15, 0.2) is 5.82 Å². The molecular formula is C23H29N5O. The van der Waals surface area contributed by atoms with E-state index in [-0.39, 0.29) is 0 Å². The predicted octanol–water partition coefficient (Wildman–Crippen LogP) is 2.88. The van der Waals surface area contributed by atoms with E-state index in [2.05, 4.69) is 62.5 Å². The molecule has 1 N–H and O–H groups in total. The minimum absolute atomic E-state index is 0.605. The molecule has 2 heterocycles. The molecule has 1 aliphatic heterocycles. The number of anilines is 1. The molecule has 0 aliphatic carbocycles. The Morgan fingerprint density at radius 1 is 0.897 bits per heavy atom. The maximum atomic E-state index is 10.8. The second kappa shape index (κ2) is 9.20. The number of aryl methyl sites for hydroxylation is 1. The van der Waals surface area contributed by atoms with Gasteiger partial charge in [-0.25, -0.2) is 0 Å². The smallest absolute Gasteiger partial charge is 0.162 e. The summed E-state index contributed by atoms with van der Waals surface area (Å²) in [6.45, 7) is 7.54. The second-order valence-electron chi connectivity index (χ2n) is 7.65. The lowest BCUT2D eigenvalue weighted by molar-refractivity contribution is 0.128. The van der Waals surface area contributed by atoms with Crippen molar-refractivity contribution in [3.8, 4) is 0 Å². The van der Waals surface area contributed by atoms with E-state index in [1.54, 1.807) is 0 Å². The summed E-state index contributed by atoms with van der Waals surface area (Å²) in [5, 5.41) is 19.3. The molecule has 29 heavy (non-hydrogen) atoms. The molecule has 0 spiro atoms. The zero-order chi connectivity index (χ0) is 20.1. The number of para-hydroxylation sites is 1. The van der Waals surface area contributed by atoms with Gasteiger partial charge in [-0.1, -0.05) is 48.5 Å². The molecule has 6 nitrogen and oxygen atoms in total. The number of hydrogen-bond acceptors (Lipinski definition) is 5. The lowest BCUT2D eigenvalue weighted by Gasteiger charge is -2.36. The largest absolute Gasteiger partial charge is 0.385 e. The molecule has 1 saturated heterocycles. The van der Waals surface area contributed by atoms with E-state index in [9.17, 15) is 5.11 Å². The summed E-state index contributed by atoms with van der Waals surface area (Å²) in [7, 11) is 0. The molecule has 1 aromatic heterocycles. The molecule has 4 rings (SSSR count). The minimum atomic E-state index is -0.605. The number of aromatic nitrogens is 3. The van der Waals surface area contributed by atoms with Crippen molar-refractivity contribution in [3.63, 3.8) is 0 Å². The van der Waals surface area contributed by atoms with Gasteiger partial charge in [0.2, 0.25) is 0 Å². The van der Waals surface area contributed by atoms with E-state index < -0.39 is 6.10 Å². The van der Waals surface area contributed by atoms with Gasteiger partial charge >= 0.3 is 0 Å². The lowest BCUT2D eigenvalue weighted by atomic mass is 10.2. The Labute approximate surface area is 172 Å². The molecule has 152 valence electrons. The van der Waals surface area contributed by atoms with Crippen LogP contribution in [0.2, 0.25) is 0 Å². The Balaban J connectivity index is 1.31. The first-order chi connectivity index (χ1) is 14.2. The van der Waals surface area contributed by atoms with Gasteiger partial charge in [0.1, 0.15) is 11.9 Å². The number of rotatable bonds is 7. The maximum absolute atomic E-state index is 10.8. The highest BCUT2D eigenvalue weighted by Crippen LogP contribution is 2.20. The highest BCUT2D eigenvalue weighted by Gasteiger charge is 2.21. The monoisotopic (exact) mass is 391 g/mol. The van der Waals surface area contributed by atoms with Crippen molar-refractivity contribution in [2.45, 2.75) is 26.0 Å². The summed E-state index contributed by atoms with van der Waals surface area (Å²) in [4.78, 5) is 4.85. The summed E-state index contributed by atoms with van der Waals surface area (Å²) < 4.78 is 2.02.